The lowest BCUT2D eigenvalue weighted by molar-refractivity contribution is -0.123. The lowest BCUT2D eigenvalue weighted by Gasteiger charge is -2.12. The van der Waals surface area contributed by atoms with E-state index in [4.69, 9.17) is 4.74 Å². The van der Waals surface area contributed by atoms with Crippen molar-refractivity contribution in [2.75, 3.05) is 13.2 Å². The van der Waals surface area contributed by atoms with E-state index in [1.54, 1.807) is 23.9 Å². The van der Waals surface area contributed by atoms with Crippen LogP contribution in [0.3, 0.4) is 0 Å². The van der Waals surface area contributed by atoms with Gasteiger partial charge in [0.1, 0.15) is 0 Å². The minimum atomic E-state index is -0.884. The summed E-state index contributed by atoms with van der Waals surface area (Å²) in [5.41, 5.74) is 1.58. The number of ether oxygens (including phenoxy) is 2. The molecular formula is C18H24N4O5. The molecule has 1 N–H and O–H groups in total. The molecule has 0 aliphatic carbocycles. The highest BCUT2D eigenvalue weighted by atomic mass is 16.6. The Labute approximate surface area is 157 Å². The number of carbonyl (C=O) groups is 3. The molecule has 27 heavy (non-hydrogen) atoms. The highest BCUT2D eigenvalue weighted by molar-refractivity contribution is 6.03. The second kappa shape index (κ2) is 8.61. The van der Waals surface area contributed by atoms with Crippen LogP contribution < -0.4 is 5.32 Å². The van der Waals surface area contributed by atoms with Crippen molar-refractivity contribution in [1.29, 1.82) is 0 Å². The second-order valence-electron chi connectivity index (χ2n) is 6.51. The van der Waals surface area contributed by atoms with Gasteiger partial charge in [0.05, 0.1) is 23.8 Å². The molecule has 9 nitrogen and oxygen atoms in total. The molecule has 0 saturated carbocycles. The molecule has 0 bridgehead atoms. The third kappa shape index (κ3) is 4.81. The van der Waals surface area contributed by atoms with Gasteiger partial charge in [-0.25, -0.2) is 19.3 Å². The minimum absolute atomic E-state index is 0.0663. The van der Waals surface area contributed by atoms with Gasteiger partial charge in [0.25, 0.3) is 5.91 Å². The van der Waals surface area contributed by atoms with Crippen molar-refractivity contribution >= 4 is 29.0 Å². The Morgan fingerprint density at radius 2 is 1.89 bits per heavy atom. The van der Waals surface area contributed by atoms with Crippen LogP contribution in [0.4, 0.5) is 4.79 Å². The van der Waals surface area contributed by atoms with E-state index in [-0.39, 0.29) is 24.1 Å². The molecular weight excluding hydrogens is 352 g/mol. The Hall–Kier alpha value is -2.97. The largest absolute Gasteiger partial charge is 0.452 e. The number of rotatable bonds is 6. The average Bonchev–Trinajstić information content (AvgIpc) is 3.03. The quantitative estimate of drug-likeness (QED) is 0.771. The van der Waals surface area contributed by atoms with E-state index in [0.29, 0.717) is 16.7 Å². The van der Waals surface area contributed by atoms with E-state index in [9.17, 15) is 14.4 Å². The molecule has 0 saturated heterocycles. The van der Waals surface area contributed by atoms with E-state index in [1.165, 1.54) is 0 Å². The van der Waals surface area contributed by atoms with Crippen LogP contribution >= 0.6 is 0 Å². The zero-order valence-corrected chi connectivity index (χ0v) is 16.1. The Bertz CT molecular complexity index is 857. The molecule has 0 aliphatic heterocycles. The predicted octanol–water partition coefficient (Wildman–Crippen LogP) is 2.57. The summed E-state index contributed by atoms with van der Waals surface area (Å²) in [6.45, 7) is 9.00. The van der Waals surface area contributed by atoms with Gasteiger partial charge >= 0.3 is 12.1 Å². The third-order valence-corrected chi connectivity index (χ3v) is 3.74. The maximum Gasteiger partial charge on any atom is 0.413 e. The van der Waals surface area contributed by atoms with E-state index >= 15 is 0 Å². The fourth-order valence-electron chi connectivity index (χ4n) is 2.41. The third-order valence-electron chi connectivity index (χ3n) is 3.74. The van der Waals surface area contributed by atoms with E-state index in [1.807, 2.05) is 33.0 Å². The lowest BCUT2D eigenvalue weighted by Crippen LogP contribution is -2.34. The van der Waals surface area contributed by atoms with Crippen molar-refractivity contribution in [2.24, 2.45) is 0 Å². The van der Waals surface area contributed by atoms with Crippen molar-refractivity contribution in [2.45, 2.75) is 46.6 Å². The summed E-state index contributed by atoms with van der Waals surface area (Å²) >= 11 is 0. The number of hydrogen-bond acceptors (Lipinski definition) is 7. The second-order valence-corrected chi connectivity index (χ2v) is 6.51. The van der Waals surface area contributed by atoms with Gasteiger partial charge in [0.2, 0.25) is 0 Å². The van der Waals surface area contributed by atoms with E-state index in [0.717, 1.165) is 0 Å². The molecule has 0 atom stereocenters. The minimum Gasteiger partial charge on any atom is -0.452 e. The SMILES string of the molecule is CCOC(=O)NC(=O)COC(=O)c1cc(C(C)C)nc2c1cnn2C(C)C. The van der Waals surface area contributed by atoms with E-state index < -0.39 is 24.6 Å². The van der Waals surface area contributed by atoms with Gasteiger partial charge in [-0.05, 0) is 32.8 Å². The van der Waals surface area contributed by atoms with Crippen molar-refractivity contribution < 1.29 is 23.9 Å². The molecule has 0 radical (unpaired) electrons. The van der Waals surface area contributed by atoms with Gasteiger partial charge in [0, 0.05) is 11.7 Å². The van der Waals surface area contributed by atoms with Crippen LogP contribution in [0.2, 0.25) is 0 Å². The Morgan fingerprint density at radius 1 is 1.19 bits per heavy atom. The summed E-state index contributed by atoms with van der Waals surface area (Å²) in [4.78, 5) is 40.0. The predicted molar refractivity (Wildman–Crippen MR) is 97.4 cm³/mol. The first-order valence-corrected chi connectivity index (χ1v) is 8.76. The number of pyridine rings is 1. The van der Waals surface area contributed by atoms with Crippen LogP contribution in [0.15, 0.2) is 12.3 Å². The fraction of sp³-hybridized carbons (Fsp3) is 0.500. The van der Waals surface area contributed by atoms with Crippen molar-refractivity contribution in [3.05, 3.63) is 23.5 Å². The molecule has 0 aromatic carbocycles. The number of fused-ring (bicyclic) bond motifs is 1. The van der Waals surface area contributed by atoms with Gasteiger partial charge < -0.3 is 9.47 Å². The van der Waals surface area contributed by atoms with Crippen molar-refractivity contribution in [1.82, 2.24) is 20.1 Å². The number of aromatic nitrogens is 3. The Balaban J connectivity index is 2.24. The summed E-state index contributed by atoms with van der Waals surface area (Å²) < 4.78 is 11.4. The molecule has 2 amide bonds. The van der Waals surface area contributed by atoms with Gasteiger partial charge in [-0.2, -0.15) is 5.10 Å². The van der Waals surface area contributed by atoms with Crippen LogP contribution in [0.25, 0.3) is 11.0 Å². The van der Waals surface area contributed by atoms with Crippen LogP contribution in [-0.4, -0.2) is 45.9 Å². The number of carbonyl (C=O) groups excluding carboxylic acids is 3. The lowest BCUT2D eigenvalue weighted by atomic mass is 10.1. The van der Waals surface area contributed by atoms with Gasteiger partial charge in [-0.3, -0.25) is 10.1 Å². The normalized spacial score (nSPS) is 11.1. The number of esters is 1. The summed E-state index contributed by atoms with van der Waals surface area (Å²) in [6, 6.07) is 1.71. The summed E-state index contributed by atoms with van der Waals surface area (Å²) in [5.74, 6) is -1.37. The number of nitrogens with zero attached hydrogens (tertiary/aromatic N) is 3. The maximum atomic E-state index is 12.5. The number of nitrogens with one attached hydrogen (secondary N) is 1. The molecule has 0 fully saturated rings. The first-order valence-electron chi connectivity index (χ1n) is 8.76. The number of hydrogen-bond donors (Lipinski definition) is 1. The molecule has 2 aromatic heterocycles. The topological polar surface area (TPSA) is 112 Å². The summed E-state index contributed by atoms with van der Waals surface area (Å²) in [7, 11) is 0. The zero-order chi connectivity index (χ0) is 20.1. The highest BCUT2D eigenvalue weighted by Gasteiger charge is 2.21. The van der Waals surface area contributed by atoms with Crippen LogP contribution in [0.5, 0.6) is 0 Å². The van der Waals surface area contributed by atoms with Crippen molar-refractivity contribution in [3.63, 3.8) is 0 Å². The monoisotopic (exact) mass is 376 g/mol. The first-order chi connectivity index (χ1) is 12.7. The maximum absolute atomic E-state index is 12.5. The Kier molecular flexibility index (Phi) is 6.49. The van der Waals surface area contributed by atoms with Gasteiger partial charge in [0.15, 0.2) is 12.3 Å². The average molecular weight is 376 g/mol. The van der Waals surface area contributed by atoms with Crippen LogP contribution in [0.1, 0.15) is 62.6 Å². The van der Waals surface area contributed by atoms with Gasteiger partial charge in [-0.15, -0.1) is 0 Å². The molecule has 146 valence electrons. The number of amides is 2. The van der Waals surface area contributed by atoms with Crippen LogP contribution in [0, 0.1) is 0 Å². The smallest absolute Gasteiger partial charge is 0.413 e. The number of alkyl carbamates (subject to hydrolysis) is 1. The standard InChI is InChI=1S/C18H24N4O5/c1-6-26-18(25)21-15(23)9-27-17(24)12-7-14(10(2)3)20-16-13(12)8-19-22(16)11(4)5/h7-8,10-11H,6,9H2,1-5H3,(H,21,23,25). The number of imide groups is 1. The van der Waals surface area contributed by atoms with Crippen LogP contribution in [-0.2, 0) is 14.3 Å². The molecule has 2 aromatic rings. The fourth-order valence-corrected chi connectivity index (χ4v) is 2.41. The molecule has 0 spiro atoms. The van der Waals surface area contributed by atoms with E-state index in [2.05, 4.69) is 14.8 Å². The molecule has 2 heterocycles. The molecule has 2 rings (SSSR count). The Morgan fingerprint density at radius 3 is 2.48 bits per heavy atom. The first kappa shape index (κ1) is 20.3. The molecule has 0 unspecified atom stereocenters. The van der Waals surface area contributed by atoms with Crippen molar-refractivity contribution in [3.8, 4) is 0 Å². The zero-order valence-electron chi connectivity index (χ0n) is 16.1. The summed E-state index contributed by atoms with van der Waals surface area (Å²) in [6.07, 6.45) is 0.673. The molecule has 9 heteroatoms. The summed E-state index contributed by atoms with van der Waals surface area (Å²) in [5, 5.41) is 6.81. The molecule has 0 aliphatic rings. The highest BCUT2D eigenvalue weighted by Crippen LogP contribution is 2.24. The van der Waals surface area contributed by atoms with Gasteiger partial charge in [-0.1, -0.05) is 13.8 Å².